The molecule has 0 heterocycles. The molecule has 0 aromatic heterocycles. The van der Waals surface area contributed by atoms with E-state index in [2.05, 4.69) is 8.86 Å². The Balaban J connectivity index is 3.35. The molecule has 0 saturated heterocycles. The summed E-state index contributed by atoms with van der Waals surface area (Å²) >= 11 is 0. The van der Waals surface area contributed by atoms with E-state index >= 15 is 0 Å². The van der Waals surface area contributed by atoms with Crippen molar-refractivity contribution in [3.8, 4) is 6.13 Å². The van der Waals surface area contributed by atoms with Crippen molar-refractivity contribution in [2.75, 3.05) is 0 Å². The summed E-state index contributed by atoms with van der Waals surface area (Å²) in [6.45, 7) is 1.92. The zero-order chi connectivity index (χ0) is 4.28. The molecular formula is C3H5P2+. The van der Waals surface area contributed by atoms with E-state index in [4.69, 9.17) is 6.13 Å². The standard InChI is InChI=1S/C3H5P2/c1-3(4)5-2/h2,4H,1H3/q+1. The fourth-order valence-electron chi connectivity index (χ4n) is 0. The quantitative estimate of drug-likeness (QED) is 0.410. The Kier molecular flexibility index (Phi) is 2.81. The summed E-state index contributed by atoms with van der Waals surface area (Å²) in [4.78, 5) is 0. The molecular weight excluding hydrogens is 98.0 g/mol. The molecule has 0 amide bonds. The summed E-state index contributed by atoms with van der Waals surface area (Å²) in [5, 5.41) is 1.06. The topological polar surface area (TPSA) is 0 Å². The van der Waals surface area contributed by atoms with Crippen molar-refractivity contribution in [1.29, 1.82) is 0 Å². The van der Waals surface area contributed by atoms with Crippen molar-refractivity contribution >= 4 is 21.9 Å². The van der Waals surface area contributed by atoms with Gasteiger partial charge in [-0.25, -0.2) is 0 Å². The Morgan fingerprint density at radius 1 is 2.00 bits per heavy atom. The van der Waals surface area contributed by atoms with Crippen molar-refractivity contribution in [1.82, 2.24) is 0 Å². The van der Waals surface area contributed by atoms with Crippen molar-refractivity contribution in [3.05, 3.63) is 0 Å². The third kappa shape index (κ3) is 4.38. The van der Waals surface area contributed by atoms with Crippen LogP contribution in [-0.4, -0.2) is 5.03 Å². The predicted molar refractivity (Wildman–Crippen MR) is 30.9 cm³/mol. The van der Waals surface area contributed by atoms with Gasteiger partial charge in [-0.1, -0.05) is 0 Å². The van der Waals surface area contributed by atoms with Crippen molar-refractivity contribution in [2.45, 2.75) is 6.92 Å². The monoisotopic (exact) mass is 103 g/mol. The Bertz CT molecular complexity index is 77.4. The van der Waals surface area contributed by atoms with Gasteiger partial charge in [-0.05, 0) is 0 Å². The van der Waals surface area contributed by atoms with E-state index in [1.807, 2.05) is 6.92 Å². The molecule has 0 saturated carbocycles. The first-order valence-electron chi connectivity index (χ1n) is 1.23. The first-order valence-corrected chi connectivity index (χ1v) is 2.70. The van der Waals surface area contributed by atoms with E-state index in [1.165, 1.54) is 0 Å². The summed E-state index contributed by atoms with van der Waals surface area (Å²) < 4.78 is 0. The fraction of sp³-hybridized carbons (Fsp3) is 0.333. The number of hydrogen-bond acceptors (Lipinski definition) is 0. The number of rotatable bonds is 0. The van der Waals surface area contributed by atoms with E-state index in [0.717, 1.165) is 13.1 Å². The molecule has 0 aliphatic rings. The normalized spacial score (nSPS) is 6.40. The summed E-state index contributed by atoms with van der Waals surface area (Å²) in [6.07, 6.45) is 5.06. The van der Waals surface area contributed by atoms with Gasteiger partial charge >= 0.3 is 35.0 Å². The third-order valence-corrected chi connectivity index (χ3v) is 0.968. The van der Waals surface area contributed by atoms with Gasteiger partial charge in [-0.3, -0.25) is 0 Å². The summed E-state index contributed by atoms with van der Waals surface area (Å²) in [5.41, 5.74) is 0. The second-order valence-corrected chi connectivity index (χ2v) is 2.81. The van der Waals surface area contributed by atoms with E-state index in [0.29, 0.717) is 0 Å². The molecule has 0 nitrogen and oxygen atoms in total. The minimum atomic E-state index is 0.827. The van der Waals surface area contributed by atoms with Gasteiger partial charge in [-0.15, -0.1) is 0 Å². The molecule has 0 N–H and O–H groups in total. The SMILES string of the molecule is C#[P+]C(C)=P. The molecule has 0 bridgehead atoms. The third-order valence-electron chi connectivity index (χ3n) is 0.194. The zero-order valence-electron chi connectivity index (χ0n) is 3.02. The van der Waals surface area contributed by atoms with Gasteiger partial charge in [0.2, 0.25) is 0 Å². The van der Waals surface area contributed by atoms with Crippen LogP contribution in [0.1, 0.15) is 6.92 Å². The molecule has 2 heteroatoms. The van der Waals surface area contributed by atoms with Crippen LogP contribution in [0.3, 0.4) is 0 Å². The molecule has 0 aromatic rings. The molecule has 0 spiro atoms. The molecule has 5 heavy (non-hydrogen) atoms. The van der Waals surface area contributed by atoms with E-state index < -0.39 is 0 Å². The summed E-state index contributed by atoms with van der Waals surface area (Å²) in [5.74, 6) is 0. The van der Waals surface area contributed by atoms with E-state index in [-0.39, 0.29) is 0 Å². The van der Waals surface area contributed by atoms with Crippen LogP contribution < -0.4 is 0 Å². The average Bonchev–Trinajstić information content (AvgIpc) is 1.38. The maximum atomic E-state index is 5.06. The van der Waals surface area contributed by atoms with Gasteiger partial charge in [0.25, 0.3) is 0 Å². The molecule has 0 aromatic carbocycles. The van der Waals surface area contributed by atoms with Gasteiger partial charge < -0.3 is 0 Å². The van der Waals surface area contributed by atoms with Gasteiger partial charge in [0.05, 0.1) is 0 Å². The summed E-state index contributed by atoms with van der Waals surface area (Å²) in [6, 6.07) is 0. The minimum absolute atomic E-state index is 0.827. The second kappa shape index (κ2) is 2.61. The molecule has 0 rings (SSSR count). The van der Waals surface area contributed by atoms with Crippen molar-refractivity contribution in [2.24, 2.45) is 0 Å². The van der Waals surface area contributed by atoms with Crippen LogP contribution in [0, 0.1) is 6.13 Å². The average molecular weight is 103 g/mol. The first kappa shape index (κ1) is 5.38. The molecule has 0 aliphatic carbocycles. The van der Waals surface area contributed by atoms with Crippen molar-refractivity contribution in [3.63, 3.8) is 0 Å². The zero-order valence-corrected chi connectivity index (χ0v) is 4.92. The maximum absolute atomic E-state index is 5.06. The number of hydrogen-bond donors (Lipinski definition) is 0. The van der Waals surface area contributed by atoms with Crippen LogP contribution in [0.4, 0.5) is 0 Å². The van der Waals surface area contributed by atoms with Gasteiger partial charge in [0.1, 0.15) is 0 Å². The Hall–Kier alpha value is 0.380. The van der Waals surface area contributed by atoms with Gasteiger partial charge in [-0.2, -0.15) is 0 Å². The van der Waals surface area contributed by atoms with Crippen LogP contribution in [0.25, 0.3) is 0 Å². The Morgan fingerprint density at radius 3 is 2.20 bits per heavy atom. The Morgan fingerprint density at radius 2 is 2.20 bits per heavy atom. The molecule has 0 fully saturated rings. The van der Waals surface area contributed by atoms with E-state index in [1.54, 1.807) is 0 Å². The van der Waals surface area contributed by atoms with Crippen molar-refractivity contribution < 1.29 is 0 Å². The van der Waals surface area contributed by atoms with Crippen LogP contribution in [0.2, 0.25) is 0 Å². The molecule has 0 radical (unpaired) electrons. The fourth-order valence-corrected chi connectivity index (χ4v) is 0. The van der Waals surface area contributed by atoms with Crippen LogP contribution in [0.15, 0.2) is 0 Å². The van der Waals surface area contributed by atoms with Crippen LogP contribution in [-0.2, 0) is 0 Å². The van der Waals surface area contributed by atoms with Gasteiger partial charge in [0.15, 0.2) is 0 Å². The first-order chi connectivity index (χ1) is 2.27. The second-order valence-electron chi connectivity index (χ2n) is 0.715. The van der Waals surface area contributed by atoms with Crippen LogP contribution in [0.5, 0.6) is 0 Å². The van der Waals surface area contributed by atoms with Gasteiger partial charge in [0, 0.05) is 0 Å². The summed E-state index contributed by atoms with van der Waals surface area (Å²) in [7, 11) is 4.02. The van der Waals surface area contributed by atoms with Crippen LogP contribution >= 0.6 is 16.9 Å². The predicted octanol–water partition coefficient (Wildman–Crippen LogP) is 1.81. The Labute approximate surface area is 35.9 Å². The van der Waals surface area contributed by atoms with E-state index in [9.17, 15) is 0 Å². The molecule has 0 aliphatic heterocycles. The molecule has 0 atom stereocenters. The molecule has 0 unspecified atom stereocenters. The molecule has 26 valence electrons.